The lowest BCUT2D eigenvalue weighted by molar-refractivity contribution is -0.183. The summed E-state index contributed by atoms with van der Waals surface area (Å²) in [5, 5.41) is 3.74. The summed E-state index contributed by atoms with van der Waals surface area (Å²) in [5.41, 5.74) is 0.334. The Morgan fingerprint density at radius 3 is 2.39 bits per heavy atom. The largest absolute Gasteiger partial charge is 0.381 e. The standard InChI is InChI=1S/C14H26N2O2/c1-2-16-7-3-14(4-8-16)15-11-13(12-18-14)5-9-17-10-6-13/h15H,2-12H2,1H3. The SMILES string of the molecule is CCN1CCC2(CC1)NCC1(CCOCC1)CO2. The van der Waals surface area contributed by atoms with Crippen LogP contribution < -0.4 is 5.32 Å². The third-order valence-electron chi connectivity index (χ3n) is 5.10. The van der Waals surface area contributed by atoms with Crippen LogP contribution in [0.25, 0.3) is 0 Å². The maximum absolute atomic E-state index is 6.30. The molecule has 18 heavy (non-hydrogen) atoms. The van der Waals surface area contributed by atoms with Crippen LogP contribution in [0.2, 0.25) is 0 Å². The minimum Gasteiger partial charge on any atom is -0.381 e. The van der Waals surface area contributed by atoms with Crippen LogP contribution in [0.4, 0.5) is 0 Å². The Kier molecular flexibility index (Phi) is 3.63. The molecular formula is C14H26N2O2. The fourth-order valence-corrected chi connectivity index (χ4v) is 3.42. The van der Waals surface area contributed by atoms with Gasteiger partial charge in [0.1, 0.15) is 5.72 Å². The molecule has 4 nitrogen and oxygen atoms in total. The van der Waals surface area contributed by atoms with Gasteiger partial charge in [0, 0.05) is 51.1 Å². The molecule has 0 amide bonds. The van der Waals surface area contributed by atoms with E-state index in [-0.39, 0.29) is 5.72 Å². The van der Waals surface area contributed by atoms with Gasteiger partial charge in [0.05, 0.1) is 6.61 Å². The monoisotopic (exact) mass is 254 g/mol. The van der Waals surface area contributed by atoms with Crippen molar-refractivity contribution >= 4 is 0 Å². The molecule has 4 heteroatoms. The number of hydrogen-bond donors (Lipinski definition) is 1. The Morgan fingerprint density at radius 1 is 1.11 bits per heavy atom. The second kappa shape index (κ2) is 5.08. The molecule has 0 bridgehead atoms. The first-order chi connectivity index (χ1) is 8.76. The van der Waals surface area contributed by atoms with Gasteiger partial charge in [0.15, 0.2) is 0 Å². The second-order valence-electron chi connectivity index (χ2n) is 6.18. The summed E-state index contributed by atoms with van der Waals surface area (Å²) in [4.78, 5) is 2.51. The van der Waals surface area contributed by atoms with E-state index in [4.69, 9.17) is 9.47 Å². The van der Waals surface area contributed by atoms with Crippen molar-refractivity contribution < 1.29 is 9.47 Å². The molecule has 0 aromatic heterocycles. The number of nitrogens with one attached hydrogen (secondary N) is 1. The van der Waals surface area contributed by atoms with Gasteiger partial charge >= 0.3 is 0 Å². The van der Waals surface area contributed by atoms with Gasteiger partial charge in [-0.3, -0.25) is 5.32 Å². The minimum atomic E-state index is -0.0186. The number of rotatable bonds is 1. The van der Waals surface area contributed by atoms with Gasteiger partial charge in [0.2, 0.25) is 0 Å². The number of hydrogen-bond acceptors (Lipinski definition) is 4. The molecule has 3 fully saturated rings. The van der Waals surface area contributed by atoms with Gasteiger partial charge < -0.3 is 14.4 Å². The normalized spacial score (nSPS) is 31.8. The lowest BCUT2D eigenvalue weighted by Crippen LogP contribution is -2.63. The van der Waals surface area contributed by atoms with Gasteiger partial charge in [-0.1, -0.05) is 6.92 Å². The van der Waals surface area contributed by atoms with Gasteiger partial charge in [-0.15, -0.1) is 0 Å². The fraction of sp³-hybridized carbons (Fsp3) is 1.00. The molecule has 0 aromatic rings. The summed E-state index contributed by atoms with van der Waals surface area (Å²) in [5.74, 6) is 0. The predicted molar refractivity (Wildman–Crippen MR) is 70.5 cm³/mol. The summed E-state index contributed by atoms with van der Waals surface area (Å²) in [6, 6.07) is 0. The quantitative estimate of drug-likeness (QED) is 0.763. The molecule has 0 aromatic carbocycles. The lowest BCUT2D eigenvalue weighted by Gasteiger charge is -2.51. The highest BCUT2D eigenvalue weighted by Gasteiger charge is 2.45. The van der Waals surface area contributed by atoms with Gasteiger partial charge in [-0.05, 0) is 19.4 Å². The van der Waals surface area contributed by atoms with Crippen molar-refractivity contribution in [2.24, 2.45) is 5.41 Å². The summed E-state index contributed by atoms with van der Waals surface area (Å²) in [6.45, 7) is 9.59. The number of likely N-dealkylation sites (tertiary alicyclic amines) is 1. The van der Waals surface area contributed by atoms with Crippen molar-refractivity contribution in [3.63, 3.8) is 0 Å². The van der Waals surface area contributed by atoms with Crippen LogP contribution in [0.3, 0.4) is 0 Å². The molecule has 1 N–H and O–H groups in total. The molecule has 3 heterocycles. The van der Waals surface area contributed by atoms with Crippen molar-refractivity contribution in [3.05, 3.63) is 0 Å². The Bertz CT molecular complexity index is 270. The van der Waals surface area contributed by atoms with Crippen LogP contribution >= 0.6 is 0 Å². The third-order valence-corrected chi connectivity index (χ3v) is 5.10. The van der Waals surface area contributed by atoms with Crippen LogP contribution in [0.1, 0.15) is 32.6 Å². The Balaban J connectivity index is 1.56. The van der Waals surface area contributed by atoms with E-state index in [0.29, 0.717) is 5.41 Å². The van der Waals surface area contributed by atoms with E-state index in [0.717, 1.165) is 58.6 Å². The molecule has 3 rings (SSSR count). The van der Waals surface area contributed by atoms with E-state index in [1.54, 1.807) is 0 Å². The zero-order chi connectivity index (χ0) is 12.5. The van der Waals surface area contributed by atoms with Crippen molar-refractivity contribution in [1.29, 1.82) is 0 Å². The van der Waals surface area contributed by atoms with Crippen LogP contribution in [0.15, 0.2) is 0 Å². The van der Waals surface area contributed by atoms with E-state index in [1.807, 2.05) is 0 Å². The molecule has 0 atom stereocenters. The van der Waals surface area contributed by atoms with E-state index in [2.05, 4.69) is 17.1 Å². The van der Waals surface area contributed by atoms with Gasteiger partial charge in [-0.25, -0.2) is 0 Å². The Morgan fingerprint density at radius 2 is 1.83 bits per heavy atom. The van der Waals surface area contributed by atoms with E-state index in [9.17, 15) is 0 Å². The maximum Gasteiger partial charge on any atom is 0.121 e. The number of piperidine rings is 1. The van der Waals surface area contributed by atoms with Gasteiger partial charge in [0.25, 0.3) is 0 Å². The number of ether oxygens (including phenoxy) is 2. The smallest absolute Gasteiger partial charge is 0.121 e. The maximum atomic E-state index is 6.30. The molecule has 3 aliphatic heterocycles. The summed E-state index contributed by atoms with van der Waals surface area (Å²) in [7, 11) is 0. The topological polar surface area (TPSA) is 33.7 Å². The fourth-order valence-electron chi connectivity index (χ4n) is 3.42. The molecule has 0 radical (unpaired) electrons. The zero-order valence-corrected chi connectivity index (χ0v) is 11.5. The average Bonchev–Trinajstić information content (AvgIpc) is 2.45. The molecule has 3 saturated heterocycles. The molecule has 3 aliphatic rings. The number of nitrogens with zero attached hydrogens (tertiary/aromatic N) is 1. The third kappa shape index (κ3) is 2.44. The van der Waals surface area contributed by atoms with Crippen LogP contribution in [0.5, 0.6) is 0 Å². The van der Waals surface area contributed by atoms with Crippen molar-refractivity contribution in [1.82, 2.24) is 10.2 Å². The van der Waals surface area contributed by atoms with Crippen molar-refractivity contribution in [2.75, 3.05) is 46.0 Å². The second-order valence-corrected chi connectivity index (χ2v) is 6.18. The lowest BCUT2D eigenvalue weighted by atomic mass is 9.78. The Labute approximate surface area is 110 Å². The molecular weight excluding hydrogens is 228 g/mol. The van der Waals surface area contributed by atoms with E-state index >= 15 is 0 Å². The Hall–Kier alpha value is -0.160. The van der Waals surface area contributed by atoms with Gasteiger partial charge in [-0.2, -0.15) is 0 Å². The van der Waals surface area contributed by atoms with E-state index < -0.39 is 0 Å². The summed E-state index contributed by atoms with van der Waals surface area (Å²) in [6.07, 6.45) is 4.56. The average molecular weight is 254 g/mol. The molecule has 104 valence electrons. The van der Waals surface area contributed by atoms with Crippen molar-refractivity contribution in [3.8, 4) is 0 Å². The predicted octanol–water partition coefficient (Wildman–Crippen LogP) is 1.21. The highest BCUT2D eigenvalue weighted by molar-refractivity contribution is 4.95. The molecule has 0 aliphatic carbocycles. The zero-order valence-electron chi connectivity index (χ0n) is 11.5. The summed E-state index contributed by atoms with van der Waals surface area (Å²) < 4.78 is 11.8. The van der Waals surface area contributed by atoms with Crippen molar-refractivity contribution in [2.45, 2.75) is 38.3 Å². The summed E-state index contributed by atoms with van der Waals surface area (Å²) >= 11 is 0. The van der Waals surface area contributed by atoms with E-state index in [1.165, 1.54) is 13.1 Å². The van der Waals surface area contributed by atoms with Crippen LogP contribution in [0, 0.1) is 5.41 Å². The highest BCUT2D eigenvalue weighted by Crippen LogP contribution is 2.37. The molecule has 2 spiro atoms. The minimum absolute atomic E-state index is 0.0186. The highest BCUT2D eigenvalue weighted by atomic mass is 16.5. The van der Waals surface area contributed by atoms with Crippen LogP contribution in [-0.4, -0.2) is 56.6 Å². The molecule has 0 unspecified atom stereocenters. The molecule has 0 saturated carbocycles. The first kappa shape index (κ1) is 12.9. The first-order valence-electron chi connectivity index (χ1n) is 7.45. The first-order valence-corrected chi connectivity index (χ1v) is 7.45. The van der Waals surface area contributed by atoms with Crippen LogP contribution in [-0.2, 0) is 9.47 Å².